The van der Waals surface area contributed by atoms with Crippen LogP contribution in [0.1, 0.15) is 51.2 Å². The highest BCUT2D eigenvalue weighted by molar-refractivity contribution is 8.00. The van der Waals surface area contributed by atoms with E-state index in [1.165, 1.54) is 41.0 Å². The molecular weight excluding hydrogens is 350 g/mol. The van der Waals surface area contributed by atoms with Crippen molar-refractivity contribution in [3.8, 4) is 5.75 Å². The fourth-order valence-electron chi connectivity index (χ4n) is 5.12. The van der Waals surface area contributed by atoms with Crippen LogP contribution in [0.4, 0.5) is 5.69 Å². The van der Waals surface area contributed by atoms with Crippen LogP contribution in [-0.2, 0) is 5.41 Å². The second kappa shape index (κ2) is 6.77. The van der Waals surface area contributed by atoms with E-state index in [0.717, 1.165) is 5.75 Å². The maximum atomic E-state index is 5.30. The van der Waals surface area contributed by atoms with Crippen molar-refractivity contribution in [2.24, 2.45) is 5.92 Å². The number of hydrogen-bond donors (Lipinski definition) is 1. The van der Waals surface area contributed by atoms with Crippen molar-refractivity contribution < 1.29 is 4.74 Å². The number of anilines is 1. The number of rotatable bonds is 3. The van der Waals surface area contributed by atoms with Gasteiger partial charge in [-0.15, -0.1) is 11.8 Å². The number of methoxy groups -OCH3 is 1. The van der Waals surface area contributed by atoms with Gasteiger partial charge in [-0.3, -0.25) is 0 Å². The van der Waals surface area contributed by atoms with Gasteiger partial charge in [0, 0.05) is 21.4 Å². The molecule has 3 atom stereocenters. The molecule has 3 heteroatoms. The van der Waals surface area contributed by atoms with E-state index in [-0.39, 0.29) is 10.2 Å². The van der Waals surface area contributed by atoms with E-state index in [4.69, 9.17) is 4.74 Å². The molecule has 1 aliphatic heterocycles. The highest BCUT2D eigenvalue weighted by Crippen LogP contribution is 2.53. The number of aryl methyl sites for hydroxylation is 1. The van der Waals surface area contributed by atoms with Gasteiger partial charge in [0.15, 0.2) is 0 Å². The van der Waals surface area contributed by atoms with Gasteiger partial charge >= 0.3 is 0 Å². The summed E-state index contributed by atoms with van der Waals surface area (Å²) in [6, 6.07) is 16.0. The predicted octanol–water partition coefficient (Wildman–Crippen LogP) is 6.43. The van der Waals surface area contributed by atoms with Gasteiger partial charge in [0.2, 0.25) is 0 Å². The van der Waals surface area contributed by atoms with Crippen LogP contribution < -0.4 is 10.1 Å². The molecule has 1 N–H and O–H groups in total. The van der Waals surface area contributed by atoms with E-state index in [2.05, 4.69) is 75.5 Å². The molecule has 0 bridgehead atoms. The first kappa shape index (κ1) is 18.7. The van der Waals surface area contributed by atoms with Gasteiger partial charge in [-0.2, -0.15) is 0 Å². The molecule has 0 unspecified atom stereocenters. The lowest BCUT2D eigenvalue weighted by molar-refractivity contribution is 0.186. The Labute approximate surface area is 168 Å². The first-order valence-electron chi connectivity index (χ1n) is 10.0. The van der Waals surface area contributed by atoms with Crippen molar-refractivity contribution >= 4 is 17.4 Å². The third-order valence-electron chi connectivity index (χ3n) is 6.68. The van der Waals surface area contributed by atoms with Crippen molar-refractivity contribution in [3.05, 3.63) is 53.6 Å². The molecule has 1 heterocycles. The summed E-state index contributed by atoms with van der Waals surface area (Å²) >= 11 is 2.03. The van der Waals surface area contributed by atoms with Crippen LogP contribution in [0.2, 0.25) is 0 Å². The number of benzene rings is 2. The lowest BCUT2D eigenvalue weighted by atomic mass is 9.61. The average Bonchev–Trinajstić information content (AvgIpc) is 2.63. The van der Waals surface area contributed by atoms with Gasteiger partial charge in [0.05, 0.1) is 7.11 Å². The van der Waals surface area contributed by atoms with Gasteiger partial charge in [-0.25, -0.2) is 0 Å². The molecule has 0 radical (unpaired) electrons. The van der Waals surface area contributed by atoms with Crippen LogP contribution in [-0.4, -0.2) is 17.9 Å². The van der Waals surface area contributed by atoms with Gasteiger partial charge < -0.3 is 10.1 Å². The standard InChI is InChI=1S/C24H31NOS/c1-16-6-11-21-20(14-16)23(2,3)19-12-13-24(4,15-22(19)25-21)27-18-9-7-17(26-5)8-10-18/h6-11,14,19,22,25H,12-13,15H2,1-5H3/t19-,22-,24-/m0/s1. The van der Waals surface area contributed by atoms with E-state index in [9.17, 15) is 0 Å². The normalized spacial score (nSPS) is 28.6. The molecule has 1 aliphatic carbocycles. The summed E-state index contributed by atoms with van der Waals surface area (Å²) in [4.78, 5) is 1.34. The quantitative estimate of drug-likeness (QED) is 0.662. The maximum absolute atomic E-state index is 5.30. The Hall–Kier alpha value is -1.61. The maximum Gasteiger partial charge on any atom is 0.118 e. The first-order chi connectivity index (χ1) is 12.8. The van der Waals surface area contributed by atoms with Crippen LogP contribution in [0.5, 0.6) is 5.75 Å². The smallest absolute Gasteiger partial charge is 0.118 e. The number of ether oxygens (including phenoxy) is 1. The number of thioether (sulfide) groups is 1. The van der Waals surface area contributed by atoms with E-state index >= 15 is 0 Å². The number of fused-ring (bicyclic) bond motifs is 2. The Balaban J connectivity index is 1.56. The summed E-state index contributed by atoms with van der Waals surface area (Å²) in [7, 11) is 1.72. The summed E-state index contributed by atoms with van der Waals surface area (Å²) in [5.41, 5.74) is 4.42. The van der Waals surface area contributed by atoms with Crippen LogP contribution in [0.3, 0.4) is 0 Å². The number of nitrogens with one attached hydrogen (secondary N) is 1. The fraction of sp³-hybridized carbons (Fsp3) is 0.500. The van der Waals surface area contributed by atoms with E-state index in [1.807, 2.05) is 11.8 Å². The minimum atomic E-state index is 0.226. The molecule has 2 aliphatic rings. The predicted molar refractivity (Wildman–Crippen MR) is 116 cm³/mol. The average molecular weight is 382 g/mol. The molecule has 4 rings (SSSR count). The molecule has 0 amide bonds. The molecular formula is C24H31NOS. The Morgan fingerprint density at radius 2 is 1.81 bits per heavy atom. The van der Waals surface area contributed by atoms with Crippen LogP contribution in [0.15, 0.2) is 47.4 Å². The largest absolute Gasteiger partial charge is 0.497 e. The van der Waals surface area contributed by atoms with Gasteiger partial charge in [0.25, 0.3) is 0 Å². The molecule has 2 aromatic carbocycles. The Bertz CT molecular complexity index is 829. The third kappa shape index (κ3) is 3.47. The molecule has 1 fully saturated rings. The first-order valence-corrected chi connectivity index (χ1v) is 10.8. The molecule has 27 heavy (non-hydrogen) atoms. The zero-order valence-electron chi connectivity index (χ0n) is 17.1. The van der Waals surface area contributed by atoms with E-state index in [0.29, 0.717) is 12.0 Å². The molecule has 1 saturated carbocycles. The van der Waals surface area contributed by atoms with Gasteiger partial charge in [-0.05, 0) is 73.4 Å². The fourth-order valence-corrected chi connectivity index (χ4v) is 6.45. The van der Waals surface area contributed by atoms with Crippen molar-refractivity contribution in [3.63, 3.8) is 0 Å². The molecule has 0 saturated heterocycles. The topological polar surface area (TPSA) is 21.3 Å². The number of hydrogen-bond acceptors (Lipinski definition) is 3. The Morgan fingerprint density at radius 1 is 1.07 bits per heavy atom. The summed E-state index contributed by atoms with van der Waals surface area (Å²) in [6.45, 7) is 9.54. The lowest BCUT2D eigenvalue weighted by Crippen LogP contribution is -2.52. The van der Waals surface area contributed by atoms with Gasteiger partial charge in [-0.1, -0.05) is 38.5 Å². The van der Waals surface area contributed by atoms with Crippen molar-refractivity contribution in [1.29, 1.82) is 0 Å². The van der Waals surface area contributed by atoms with Crippen LogP contribution >= 0.6 is 11.8 Å². The van der Waals surface area contributed by atoms with Crippen molar-refractivity contribution in [2.45, 2.75) is 68.1 Å². The van der Waals surface area contributed by atoms with Crippen molar-refractivity contribution in [2.75, 3.05) is 12.4 Å². The van der Waals surface area contributed by atoms with E-state index in [1.54, 1.807) is 7.11 Å². The molecule has 0 aromatic heterocycles. The lowest BCUT2D eigenvalue weighted by Gasteiger charge is -2.52. The minimum absolute atomic E-state index is 0.226. The zero-order chi connectivity index (χ0) is 19.2. The summed E-state index contributed by atoms with van der Waals surface area (Å²) in [5.74, 6) is 1.62. The van der Waals surface area contributed by atoms with Crippen molar-refractivity contribution in [1.82, 2.24) is 0 Å². The minimum Gasteiger partial charge on any atom is -0.497 e. The summed E-state index contributed by atoms with van der Waals surface area (Å²) in [5, 5.41) is 3.91. The molecule has 2 aromatic rings. The zero-order valence-corrected chi connectivity index (χ0v) is 18.0. The highest BCUT2D eigenvalue weighted by atomic mass is 32.2. The Kier molecular flexibility index (Phi) is 4.70. The SMILES string of the molecule is COc1ccc(S[C@@]2(C)CC[C@H]3[C@H](C2)Nc2ccc(C)cc2C3(C)C)cc1. The second-order valence-electron chi connectivity index (χ2n) is 9.10. The highest BCUT2D eigenvalue weighted by Gasteiger charge is 2.48. The van der Waals surface area contributed by atoms with Crippen LogP contribution in [0.25, 0.3) is 0 Å². The summed E-state index contributed by atoms with van der Waals surface area (Å²) < 4.78 is 5.57. The van der Waals surface area contributed by atoms with Gasteiger partial charge in [0.1, 0.15) is 5.75 Å². The van der Waals surface area contributed by atoms with E-state index < -0.39 is 0 Å². The monoisotopic (exact) mass is 381 g/mol. The third-order valence-corrected chi connectivity index (χ3v) is 8.05. The Morgan fingerprint density at radius 3 is 2.52 bits per heavy atom. The second-order valence-corrected chi connectivity index (χ2v) is 10.8. The van der Waals surface area contributed by atoms with Crippen LogP contribution in [0, 0.1) is 12.8 Å². The summed E-state index contributed by atoms with van der Waals surface area (Å²) in [6.07, 6.45) is 3.74. The molecule has 2 nitrogen and oxygen atoms in total. The molecule has 144 valence electrons. The molecule has 0 spiro atoms.